The number of anilines is 2. The van der Waals surface area contributed by atoms with Gasteiger partial charge in [0.2, 0.25) is 5.91 Å². The fourth-order valence-corrected chi connectivity index (χ4v) is 2.64. The molecule has 4 nitrogen and oxygen atoms in total. The van der Waals surface area contributed by atoms with Crippen LogP contribution in [0.5, 0.6) is 5.75 Å². The van der Waals surface area contributed by atoms with Crippen LogP contribution in [-0.2, 0) is 11.3 Å². The van der Waals surface area contributed by atoms with Crippen LogP contribution >= 0.6 is 11.3 Å². The lowest BCUT2D eigenvalue weighted by Gasteiger charge is -2.12. The Labute approximate surface area is 126 Å². The van der Waals surface area contributed by atoms with Gasteiger partial charge in [0.15, 0.2) is 0 Å². The summed E-state index contributed by atoms with van der Waals surface area (Å²) in [4.78, 5) is 12.1. The number of hydrogen-bond donors (Lipinski definition) is 2. The Morgan fingerprint density at radius 3 is 2.86 bits per heavy atom. The molecule has 0 aliphatic rings. The van der Waals surface area contributed by atoms with Gasteiger partial charge in [-0.1, -0.05) is 0 Å². The number of nitrogens with one attached hydrogen (secondary N) is 2. The maximum Gasteiger partial charge on any atom is 0.221 e. The summed E-state index contributed by atoms with van der Waals surface area (Å²) in [5, 5.41) is 7.90. The number of carbonyl (C=O) groups excluding carboxylic acids is 1. The van der Waals surface area contributed by atoms with Crippen LogP contribution in [0, 0.1) is 5.82 Å². The van der Waals surface area contributed by atoms with E-state index in [1.807, 2.05) is 18.4 Å². The standard InChI is InChI=1S/C15H17FN2O2S/c1-3-20-14-8-11(16)4-5-12(14)17-9-15-13(6-7-21-15)18-10(2)19/h4-8,17H,3,9H2,1-2H3,(H,18,19). The molecular formula is C15H17FN2O2S. The average Bonchev–Trinajstić information content (AvgIpc) is 2.85. The Balaban J connectivity index is 2.09. The molecule has 0 fully saturated rings. The minimum atomic E-state index is -0.334. The van der Waals surface area contributed by atoms with Crippen molar-refractivity contribution in [2.24, 2.45) is 0 Å². The van der Waals surface area contributed by atoms with Crippen molar-refractivity contribution in [2.75, 3.05) is 17.2 Å². The molecule has 0 saturated heterocycles. The Morgan fingerprint density at radius 1 is 1.33 bits per heavy atom. The van der Waals surface area contributed by atoms with Crippen LogP contribution in [0.1, 0.15) is 18.7 Å². The molecule has 112 valence electrons. The lowest BCUT2D eigenvalue weighted by atomic mass is 10.2. The van der Waals surface area contributed by atoms with Gasteiger partial charge in [-0.15, -0.1) is 11.3 Å². The van der Waals surface area contributed by atoms with E-state index in [2.05, 4.69) is 10.6 Å². The molecule has 2 aromatic rings. The number of carbonyl (C=O) groups is 1. The van der Waals surface area contributed by atoms with Crippen LogP contribution in [0.25, 0.3) is 0 Å². The van der Waals surface area contributed by atoms with Gasteiger partial charge in [0.1, 0.15) is 11.6 Å². The van der Waals surface area contributed by atoms with Gasteiger partial charge >= 0.3 is 0 Å². The zero-order chi connectivity index (χ0) is 15.2. The van der Waals surface area contributed by atoms with Gasteiger partial charge in [0.05, 0.1) is 24.5 Å². The Kier molecular flexibility index (Phi) is 5.16. The molecule has 2 N–H and O–H groups in total. The Bertz CT molecular complexity index is 628. The van der Waals surface area contributed by atoms with E-state index < -0.39 is 0 Å². The van der Waals surface area contributed by atoms with Crippen LogP contribution in [-0.4, -0.2) is 12.5 Å². The first-order valence-corrected chi connectivity index (χ1v) is 7.48. The number of thiophene rings is 1. The molecule has 0 saturated carbocycles. The van der Waals surface area contributed by atoms with E-state index in [1.165, 1.54) is 19.1 Å². The van der Waals surface area contributed by atoms with E-state index in [9.17, 15) is 9.18 Å². The molecule has 1 heterocycles. The summed E-state index contributed by atoms with van der Waals surface area (Å²) in [6.07, 6.45) is 0. The number of hydrogen-bond acceptors (Lipinski definition) is 4. The van der Waals surface area contributed by atoms with Gasteiger partial charge in [0, 0.05) is 17.9 Å². The second-order valence-corrected chi connectivity index (χ2v) is 5.37. The number of ether oxygens (including phenoxy) is 1. The Morgan fingerprint density at radius 2 is 2.14 bits per heavy atom. The van der Waals surface area contributed by atoms with Gasteiger partial charge in [0.25, 0.3) is 0 Å². The number of amides is 1. The van der Waals surface area contributed by atoms with E-state index in [4.69, 9.17) is 4.74 Å². The van der Waals surface area contributed by atoms with Gasteiger partial charge in [-0.3, -0.25) is 4.79 Å². The third-order valence-electron chi connectivity index (χ3n) is 2.74. The summed E-state index contributed by atoms with van der Waals surface area (Å²) < 4.78 is 18.7. The molecule has 0 bridgehead atoms. The highest BCUT2D eigenvalue weighted by atomic mass is 32.1. The van der Waals surface area contributed by atoms with Crippen molar-refractivity contribution in [3.05, 3.63) is 40.3 Å². The molecule has 21 heavy (non-hydrogen) atoms. The summed E-state index contributed by atoms with van der Waals surface area (Å²) in [6.45, 7) is 4.32. The van der Waals surface area contributed by atoms with Crippen LogP contribution < -0.4 is 15.4 Å². The van der Waals surface area contributed by atoms with Crippen molar-refractivity contribution in [2.45, 2.75) is 20.4 Å². The van der Waals surface area contributed by atoms with E-state index in [0.29, 0.717) is 18.9 Å². The minimum absolute atomic E-state index is 0.105. The average molecular weight is 308 g/mol. The van der Waals surface area contributed by atoms with Crippen LogP contribution in [0.2, 0.25) is 0 Å². The number of rotatable bonds is 6. The highest BCUT2D eigenvalue weighted by Crippen LogP contribution is 2.28. The first-order chi connectivity index (χ1) is 10.1. The molecule has 0 radical (unpaired) electrons. The van der Waals surface area contributed by atoms with Gasteiger partial charge in [-0.05, 0) is 30.5 Å². The third kappa shape index (κ3) is 4.19. The topological polar surface area (TPSA) is 50.4 Å². The highest BCUT2D eigenvalue weighted by Gasteiger charge is 2.08. The van der Waals surface area contributed by atoms with Crippen molar-refractivity contribution in [3.8, 4) is 5.75 Å². The first-order valence-electron chi connectivity index (χ1n) is 6.60. The van der Waals surface area contributed by atoms with E-state index in [-0.39, 0.29) is 11.7 Å². The second kappa shape index (κ2) is 7.08. The third-order valence-corrected chi connectivity index (χ3v) is 3.66. The molecule has 0 aliphatic carbocycles. The summed E-state index contributed by atoms with van der Waals surface area (Å²) in [6, 6.07) is 6.24. The SMILES string of the molecule is CCOc1cc(F)ccc1NCc1sccc1NC(C)=O. The molecular weight excluding hydrogens is 291 g/mol. The zero-order valence-corrected chi connectivity index (χ0v) is 12.7. The van der Waals surface area contributed by atoms with Crippen LogP contribution in [0.3, 0.4) is 0 Å². The van der Waals surface area contributed by atoms with Crippen molar-refractivity contribution in [1.82, 2.24) is 0 Å². The lowest BCUT2D eigenvalue weighted by Crippen LogP contribution is -2.08. The van der Waals surface area contributed by atoms with Crippen molar-refractivity contribution >= 4 is 28.6 Å². The number of benzene rings is 1. The van der Waals surface area contributed by atoms with E-state index in [1.54, 1.807) is 17.4 Å². The van der Waals surface area contributed by atoms with E-state index >= 15 is 0 Å². The quantitative estimate of drug-likeness (QED) is 0.852. The fourth-order valence-electron chi connectivity index (χ4n) is 1.87. The highest BCUT2D eigenvalue weighted by molar-refractivity contribution is 7.10. The zero-order valence-electron chi connectivity index (χ0n) is 11.9. The van der Waals surface area contributed by atoms with Crippen LogP contribution in [0.4, 0.5) is 15.8 Å². The lowest BCUT2D eigenvalue weighted by molar-refractivity contribution is -0.114. The van der Waals surface area contributed by atoms with Gasteiger partial charge in [-0.25, -0.2) is 4.39 Å². The van der Waals surface area contributed by atoms with Gasteiger partial charge in [-0.2, -0.15) is 0 Å². The molecule has 6 heteroatoms. The Hall–Kier alpha value is -2.08. The second-order valence-electron chi connectivity index (χ2n) is 4.37. The smallest absolute Gasteiger partial charge is 0.221 e. The molecule has 1 aromatic heterocycles. The summed E-state index contributed by atoms with van der Waals surface area (Å²) in [7, 11) is 0. The maximum absolute atomic E-state index is 13.2. The predicted octanol–water partition coefficient (Wildman–Crippen LogP) is 3.86. The van der Waals surface area contributed by atoms with Crippen molar-refractivity contribution in [1.29, 1.82) is 0 Å². The minimum Gasteiger partial charge on any atom is -0.492 e. The number of halogens is 1. The molecule has 0 unspecified atom stereocenters. The summed E-state index contributed by atoms with van der Waals surface area (Å²) in [5.74, 6) is 0.0422. The van der Waals surface area contributed by atoms with Gasteiger partial charge < -0.3 is 15.4 Å². The summed E-state index contributed by atoms with van der Waals surface area (Å²) in [5.41, 5.74) is 1.51. The summed E-state index contributed by atoms with van der Waals surface area (Å²) >= 11 is 1.54. The van der Waals surface area contributed by atoms with Crippen molar-refractivity contribution in [3.63, 3.8) is 0 Å². The molecule has 1 aromatic carbocycles. The first kappa shape index (κ1) is 15.3. The molecule has 0 aliphatic heterocycles. The molecule has 0 spiro atoms. The molecule has 1 amide bonds. The van der Waals surface area contributed by atoms with Crippen molar-refractivity contribution < 1.29 is 13.9 Å². The molecule has 2 rings (SSSR count). The normalized spacial score (nSPS) is 10.2. The fraction of sp³-hybridized carbons (Fsp3) is 0.267. The van der Waals surface area contributed by atoms with Crippen LogP contribution in [0.15, 0.2) is 29.6 Å². The monoisotopic (exact) mass is 308 g/mol. The predicted molar refractivity (Wildman–Crippen MR) is 83.5 cm³/mol. The maximum atomic E-state index is 13.2. The van der Waals surface area contributed by atoms with E-state index in [0.717, 1.165) is 16.3 Å². The largest absolute Gasteiger partial charge is 0.492 e. The molecule has 0 atom stereocenters.